The molecule has 1 aromatic carbocycles. The summed E-state index contributed by atoms with van der Waals surface area (Å²) in [7, 11) is 1.64. The van der Waals surface area contributed by atoms with E-state index < -0.39 is 0 Å². The highest BCUT2D eigenvalue weighted by molar-refractivity contribution is 14.1. The van der Waals surface area contributed by atoms with Crippen molar-refractivity contribution in [3.8, 4) is 0 Å². The number of hydrogen-bond donors (Lipinski definition) is 1. The van der Waals surface area contributed by atoms with Crippen molar-refractivity contribution >= 4 is 28.5 Å². The van der Waals surface area contributed by atoms with Gasteiger partial charge in [-0.1, -0.05) is 12.1 Å². The summed E-state index contributed by atoms with van der Waals surface area (Å²) in [5.41, 5.74) is 1.20. The van der Waals surface area contributed by atoms with Crippen LogP contribution in [0.5, 0.6) is 0 Å². The SMILES string of the molecule is COCC(Cc1ccc(I)cc1)NC(C)=O. The highest BCUT2D eigenvalue weighted by Gasteiger charge is 2.10. The van der Waals surface area contributed by atoms with Crippen LogP contribution in [0, 0.1) is 3.57 Å². The van der Waals surface area contributed by atoms with Gasteiger partial charge in [0.05, 0.1) is 12.6 Å². The van der Waals surface area contributed by atoms with Crippen molar-refractivity contribution in [3.05, 3.63) is 33.4 Å². The first-order valence-electron chi connectivity index (χ1n) is 5.12. The van der Waals surface area contributed by atoms with Crippen molar-refractivity contribution in [2.75, 3.05) is 13.7 Å². The molecule has 0 aromatic heterocycles. The maximum absolute atomic E-state index is 11.0. The lowest BCUT2D eigenvalue weighted by Crippen LogP contribution is -2.38. The van der Waals surface area contributed by atoms with Gasteiger partial charge in [-0.25, -0.2) is 0 Å². The van der Waals surface area contributed by atoms with Crippen molar-refractivity contribution in [2.24, 2.45) is 0 Å². The Kier molecular flexibility index (Phi) is 5.76. The lowest BCUT2D eigenvalue weighted by molar-refractivity contribution is -0.120. The van der Waals surface area contributed by atoms with Crippen LogP contribution in [0.15, 0.2) is 24.3 Å². The molecule has 1 aromatic rings. The number of carbonyl (C=O) groups excluding carboxylic acids is 1. The van der Waals surface area contributed by atoms with Crippen LogP contribution in [0.2, 0.25) is 0 Å². The number of benzene rings is 1. The van der Waals surface area contributed by atoms with E-state index in [1.165, 1.54) is 16.1 Å². The van der Waals surface area contributed by atoms with E-state index in [9.17, 15) is 4.79 Å². The summed E-state index contributed by atoms with van der Waals surface area (Å²) >= 11 is 2.27. The maximum Gasteiger partial charge on any atom is 0.217 e. The van der Waals surface area contributed by atoms with Crippen LogP contribution in [0.3, 0.4) is 0 Å². The molecule has 4 heteroatoms. The van der Waals surface area contributed by atoms with Crippen LogP contribution in [0.4, 0.5) is 0 Å². The highest BCUT2D eigenvalue weighted by atomic mass is 127. The minimum absolute atomic E-state index is 0.0208. The zero-order valence-electron chi connectivity index (χ0n) is 9.50. The second-order valence-corrected chi connectivity index (χ2v) is 4.93. The molecule has 0 heterocycles. The Morgan fingerprint density at radius 2 is 2.06 bits per heavy atom. The molecule has 0 aliphatic heterocycles. The van der Waals surface area contributed by atoms with Gasteiger partial charge in [-0.3, -0.25) is 4.79 Å². The molecule has 16 heavy (non-hydrogen) atoms. The molecule has 0 aliphatic carbocycles. The Balaban J connectivity index is 2.59. The summed E-state index contributed by atoms with van der Waals surface area (Å²) in [6.07, 6.45) is 0.796. The first kappa shape index (κ1) is 13.4. The van der Waals surface area contributed by atoms with Gasteiger partial charge in [0, 0.05) is 17.6 Å². The van der Waals surface area contributed by atoms with Crippen molar-refractivity contribution in [1.82, 2.24) is 5.32 Å². The smallest absolute Gasteiger partial charge is 0.217 e. The summed E-state index contributed by atoms with van der Waals surface area (Å²) in [5.74, 6) is -0.0208. The molecule has 0 spiro atoms. The fourth-order valence-electron chi connectivity index (χ4n) is 1.55. The predicted molar refractivity (Wildman–Crippen MR) is 72.3 cm³/mol. The molecule has 1 amide bonds. The Labute approximate surface area is 110 Å². The van der Waals surface area contributed by atoms with Crippen LogP contribution in [-0.2, 0) is 16.0 Å². The van der Waals surface area contributed by atoms with Crippen molar-refractivity contribution in [3.63, 3.8) is 0 Å². The largest absolute Gasteiger partial charge is 0.383 e. The number of halogens is 1. The average Bonchev–Trinajstić information content (AvgIpc) is 2.21. The van der Waals surface area contributed by atoms with Gasteiger partial charge in [-0.2, -0.15) is 0 Å². The molecule has 0 aliphatic rings. The number of nitrogens with one attached hydrogen (secondary N) is 1. The summed E-state index contributed by atoms with van der Waals surface area (Å²) in [6, 6.07) is 8.32. The van der Waals surface area contributed by atoms with Crippen molar-refractivity contribution in [2.45, 2.75) is 19.4 Å². The molecule has 0 fully saturated rings. The Hall–Kier alpha value is -0.620. The third kappa shape index (κ3) is 4.94. The third-order valence-corrected chi connectivity index (χ3v) is 2.89. The van der Waals surface area contributed by atoms with E-state index in [0.717, 1.165) is 6.42 Å². The Morgan fingerprint density at radius 3 is 2.56 bits per heavy atom. The van der Waals surface area contributed by atoms with E-state index in [1.54, 1.807) is 7.11 Å². The zero-order chi connectivity index (χ0) is 12.0. The molecule has 1 N–H and O–H groups in total. The fraction of sp³-hybridized carbons (Fsp3) is 0.417. The molecule has 0 saturated heterocycles. The summed E-state index contributed by atoms with van der Waals surface area (Å²) in [5, 5.41) is 2.88. The van der Waals surface area contributed by atoms with E-state index in [4.69, 9.17) is 4.74 Å². The number of ether oxygens (including phenoxy) is 1. The highest BCUT2D eigenvalue weighted by Crippen LogP contribution is 2.09. The second kappa shape index (κ2) is 6.85. The molecule has 1 unspecified atom stereocenters. The van der Waals surface area contributed by atoms with E-state index in [2.05, 4.69) is 52.2 Å². The molecular formula is C12H16INO2. The average molecular weight is 333 g/mol. The number of amides is 1. The lowest BCUT2D eigenvalue weighted by Gasteiger charge is -2.16. The van der Waals surface area contributed by atoms with Gasteiger partial charge in [0.2, 0.25) is 5.91 Å². The monoisotopic (exact) mass is 333 g/mol. The van der Waals surface area contributed by atoms with Gasteiger partial charge in [0.15, 0.2) is 0 Å². The van der Waals surface area contributed by atoms with E-state index in [1.807, 2.05) is 0 Å². The van der Waals surface area contributed by atoms with Crippen LogP contribution < -0.4 is 5.32 Å². The quantitative estimate of drug-likeness (QED) is 0.837. The lowest BCUT2D eigenvalue weighted by atomic mass is 10.1. The van der Waals surface area contributed by atoms with E-state index >= 15 is 0 Å². The summed E-state index contributed by atoms with van der Waals surface area (Å²) < 4.78 is 6.30. The molecule has 0 radical (unpaired) electrons. The van der Waals surface area contributed by atoms with E-state index in [0.29, 0.717) is 6.61 Å². The van der Waals surface area contributed by atoms with Crippen LogP contribution in [0.1, 0.15) is 12.5 Å². The van der Waals surface area contributed by atoms with Gasteiger partial charge in [0.25, 0.3) is 0 Å². The van der Waals surface area contributed by atoms with Gasteiger partial charge in [0.1, 0.15) is 0 Å². The van der Waals surface area contributed by atoms with Crippen LogP contribution in [0.25, 0.3) is 0 Å². The number of carbonyl (C=O) groups is 1. The second-order valence-electron chi connectivity index (χ2n) is 3.68. The first-order chi connectivity index (χ1) is 7.61. The number of methoxy groups -OCH3 is 1. The summed E-state index contributed by atoms with van der Waals surface area (Å²) in [4.78, 5) is 11.0. The first-order valence-corrected chi connectivity index (χ1v) is 6.20. The van der Waals surface area contributed by atoms with E-state index in [-0.39, 0.29) is 11.9 Å². The molecule has 0 bridgehead atoms. The molecule has 0 saturated carbocycles. The van der Waals surface area contributed by atoms with Crippen LogP contribution >= 0.6 is 22.6 Å². The number of hydrogen-bond acceptors (Lipinski definition) is 2. The van der Waals surface area contributed by atoms with Crippen LogP contribution in [-0.4, -0.2) is 25.7 Å². The number of rotatable bonds is 5. The maximum atomic E-state index is 11.0. The van der Waals surface area contributed by atoms with Gasteiger partial charge >= 0.3 is 0 Å². The molecule has 3 nitrogen and oxygen atoms in total. The van der Waals surface area contributed by atoms with Gasteiger partial charge in [-0.05, 0) is 46.7 Å². The van der Waals surface area contributed by atoms with Gasteiger partial charge in [-0.15, -0.1) is 0 Å². The predicted octanol–water partition coefficient (Wildman–Crippen LogP) is 1.98. The fourth-order valence-corrected chi connectivity index (χ4v) is 1.90. The molecule has 88 valence electrons. The molecule has 1 atom stereocenters. The third-order valence-electron chi connectivity index (χ3n) is 2.17. The Morgan fingerprint density at radius 1 is 1.44 bits per heavy atom. The van der Waals surface area contributed by atoms with Gasteiger partial charge < -0.3 is 10.1 Å². The normalized spacial score (nSPS) is 12.2. The molecular weight excluding hydrogens is 317 g/mol. The zero-order valence-corrected chi connectivity index (χ0v) is 11.7. The topological polar surface area (TPSA) is 38.3 Å². The minimum Gasteiger partial charge on any atom is -0.383 e. The van der Waals surface area contributed by atoms with Crippen molar-refractivity contribution < 1.29 is 9.53 Å². The minimum atomic E-state index is -0.0208. The Bertz CT molecular complexity index is 337. The molecule has 1 rings (SSSR count). The van der Waals surface area contributed by atoms with Crippen molar-refractivity contribution in [1.29, 1.82) is 0 Å². The standard InChI is InChI=1S/C12H16INO2/c1-9(15)14-12(8-16-2)7-10-3-5-11(13)6-4-10/h3-6,12H,7-8H2,1-2H3,(H,14,15). The summed E-state index contributed by atoms with van der Waals surface area (Å²) in [6.45, 7) is 2.06.